The molecule has 0 rings (SSSR count). The van der Waals surface area contributed by atoms with Gasteiger partial charge >= 0.3 is 6.18 Å². The van der Waals surface area contributed by atoms with Crippen LogP contribution in [0.3, 0.4) is 0 Å². The monoisotopic (exact) mass is 254 g/mol. The fourth-order valence-electron chi connectivity index (χ4n) is 1.77. The van der Waals surface area contributed by atoms with Gasteiger partial charge in [0, 0.05) is 19.6 Å². The molecule has 0 radical (unpaired) electrons. The van der Waals surface area contributed by atoms with E-state index in [-0.39, 0.29) is 12.0 Å². The number of halogens is 3. The molecule has 0 fully saturated rings. The zero-order valence-electron chi connectivity index (χ0n) is 11.3. The quantitative estimate of drug-likeness (QED) is 0.716. The van der Waals surface area contributed by atoms with Crippen LogP contribution in [-0.4, -0.2) is 44.3 Å². The molecule has 1 unspecified atom stereocenters. The van der Waals surface area contributed by atoms with Crippen molar-refractivity contribution < 1.29 is 13.2 Å². The van der Waals surface area contributed by atoms with Crippen molar-refractivity contribution in [1.29, 1.82) is 0 Å². The number of hydrogen-bond donors (Lipinski definition) is 1. The molecule has 0 aromatic carbocycles. The molecule has 0 aliphatic heterocycles. The second-order valence-electron chi connectivity index (χ2n) is 5.05. The Hall–Kier alpha value is -0.290. The topological polar surface area (TPSA) is 15.3 Å². The Labute approximate surface area is 103 Å². The predicted molar refractivity (Wildman–Crippen MR) is 65.1 cm³/mol. The maximum absolute atomic E-state index is 12.1. The second-order valence-corrected chi connectivity index (χ2v) is 5.05. The van der Waals surface area contributed by atoms with Crippen LogP contribution in [0.4, 0.5) is 13.2 Å². The van der Waals surface area contributed by atoms with Crippen molar-refractivity contribution in [3.8, 4) is 0 Å². The number of alkyl halides is 3. The Morgan fingerprint density at radius 3 is 2.18 bits per heavy atom. The van der Waals surface area contributed by atoms with Crippen molar-refractivity contribution in [3.05, 3.63) is 0 Å². The molecule has 0 aliphatic carbocycles. The summed E-state index contributed by atoms with van der Waals surface area (Å²) < 4.78 is 36.3. The summed E-state index contributed by atoms with van der Waals surface area (Å²) in [6.45, 7) is 8.72. The summed E-state index contributed by atoms with van der Waals surface area (Å²) >= 11 is 0. The lowest BCUT2D eigenvalue weighted by Gasteiger charge is -2.33. The predicted octanol–water partition coefficient (Wildman–Crippen LogP) is 2.90. The third-order valence-corrected chi connectivity index (χ3v) is 3.08. The highest BCUT2D eigenvalue weighted by atomic mass is 19.4. The first-order chi connectivity index (χ1) is 7.72. The smallest absolute Gasteiger partial charge is 0.316 e. The van der Waals surface area contributed by atoms with Gasteiger partial charge in [0.2, 0.25) is 0 Å². The maximum Gasteiger partial charge on any atom is 0.390 e. The number of rotatable bonds is 8. The maximum atomic E-state index is 12.1. The minimum absolute atomic E-state index is 0.0381. The number of hydrogen-bond acceptors (Lipinski definition) is 2. The van der Waals surface area contributed by atoms with Crippen molar-refractivity contribution in [2.75, 3.05) is 33.2 Å². The SMILES string of the molecule is CCNCC(C)(CC)CN(C)CCC(F)(F)F. The van der Waals surface area contributed by atoms with E-state index >= 15 is 0 Å². The second kappa shape index (κ2) is 7.21. The Balaban J connectivity index is 4.09. The fraction of sp³-hybridized carbons (Fsp3) is 1.00. The Morgan fingerprint density at radius 2 is 1.76 bits per heavy atom. The van der Waals surface area contributed by atoms with Gasteiger partial charge in [-0.15, -0.1) is 0 Å². The standard InChI is InChI=1S/C12H25F3N2/c1-5-11(3,9-16-6-2)10-17(4)8-7-12(13,14)15/h16H,5-10H2,1-4H3. The molecule has 0 bridgehead atoms. The lowest BCUT2D eigenvalue weighted by Crippen LogP contribution is -2.41. The van der Waals surface area contributed by atoms with Crippen LogP contribution in [0, 0.1) is 5.41 Å². The lowest BCUT2D eigenvalue weighted by molar-refractivity contribution is -0.138. The summed E-state index contributed by atoms with van der Waals surface area (Å²) in [5.41, 5.74) is 0.0381. The highest BCUT2D eigenvalue weighted by molar-refractivity contribution is 4.78. The molecule has 0 aromatic rings. The van der Waals surface area contributed by atoms with Gasteiger partial charge in [0.15, 0.2) is 0 Å². The fourth-order valence-corrected chi connectivity index (χ4v) is 1.77. The summed E-state index contributed by atoms with van der Waals surface area (Å²) in [4.78, 5) is 1.77. The van der Waals surface area contributed by atoms with E-state index in [1.165, 1.54) is 0 Å². The minimum atomic E-state index is -4.06. The zero-order valence-corrected chi connectivity index (χ0v) is 11.3. The molecule has 0 aromatic heterocycles. The summed E-state index contributed by atoms with van der Waals surface area (Å²) in [6, 6.07) is 0. The number of nitrogens with one attached hydrogen (secondary N) is 1. The van der Waals surface area contributed by atoms with Crippen molar-refractivity contribution in [2.45, 2.75) is 39.8 Å². The first kappa shape index (κ1) is 16.7. The lowest BCUT2D eigenvalue weighted by atomic mass is 9.87. The van der Waals surface area contributed by atoms with E-state index in [1.807, 2.05) is 6.92 Å². The molecule has 104 valence electrons. The first-order valence-electron chi connectivity index (χ1n) is 6.18. The molecule has 0 saturated heterocycles. The van der Waals surface area contributed by atoms with Gasteiger partial charge in [0.25, 0.3) is 0 Å². The Bertz CT molecular complexity index is 206. The Kier molecular flexibility index (Phi) is 7.09. The molecule has 0 amide bonds. The van der Waals surface area contributed by atoms with E-state index in [2.05, 4.69) is 19.2 Å². The first-order valence-corrected chi connectivity index (χ1v) is 6.18. The molecule has 1 N–H and O–H groups in total. The molecule has 2 nitrogen and oxygen atoms in total. The van der Waals surface area contributed by atoms with Crippen LogP contribution in [0.2, 0.25) is 0 Å². The van der Waals surface area contributed by atoms with Gasteiger partial charge < -0.3 is 10.2 Å². The summed E-state index contributed by atoms with van der Waals surface area (Å²) in [5.74, 6) is 0. The average Bonchev–Trinajstić information content (AvgIpc) is 2.23. The highest BCUT2D eigenvalue weighted by Gasteiger charge is 2.29. The van der Waals surface area contributed by atoms with Gasteiger partial charge in [-0.2, -0.15) is 13.2 Å². The summed E-state index contributed by atoms with van der Waals surface area (Å²) in [7, 11) is 1.76. The van der Waals surface area contributed by atoms with Crippen molar-refractivity contribution >= 4 is 0 Å². The van der Waals surface area contributed by atoms with Gasteiger partial charge in [-0.3, -0.25) is 0 Å². The van der Waals surface area contributed by atoms with Crippen LogP contribution < -0.4 is 5.32 Å². The molecule has 0 spiro atoms. The third-order valence-electron chi connectivity index (χ3n) is 3.08. The van der Waals surface area contributed by atoms with Gasteiger partial charge in [0.05, 0.1) is 6.42 Å². The van der Waals surface area contributed by atoms with Crippen LogP contribution in [0.5, 0.6) is 0 Å². The van der Waals surface area contributed by atoms with E-state index in [0.717, 1.165) is 19.5 Å². The number of nitrogens with zero attached hydrogens (tertiary/aromatic N) is 1. The zero-order chi connectivity index (χ0) is 13.5. The van der Waals surface area contributed by atoms with Crippen LogP contribution >= 0.6 is 0 Å². The summed E-state index contributed by atoms with van der Waals surface area (Å²) in [6.07, 6.45) is -3.83. The molecular weight excluding hydrogens is 229 g/mol. The van der Waals surface area contributed by atoms with Gasteiger partial charge in [-0.25, -0.2) is 0 Å². The van der Waals surface area contributed by atoms with Gasteiger partial charge in [-0.1, -0.05) is 20.8 Å². The van der Waals surface area contributed by atoms with Crippen molar-refractivity contribution in [1.82, 2.24) is 10.2 Å². The van der Waals surface area contributed by atoms with E-state index < -0.39 is 12.6 Å². The molecule has 1 atom stereocenters. The van der Waals surface area contributed by atoms with Crippen LogP contribution in [0.1, 0.15) is 33.6 Å². The third kappa shape index (κ3) is 8.44. The van der Waals surface area contributed by atoms with Crippen LogP contribution in [-0.2, 0) is 0 Å². The van der Waals surface area contributed by atoms with Gasteiger partial charge in [0.1, 0.15) is 0 Å². The minimum Gasteiger partial charge on any atom is -0.316 e. The normalized spacial score (nSPS) is 16.2. The highest BCUT2D eigenvalue weighted by Crippen LogP contribution is 2.23. The largest absolute Gasteiger partial charge is 0.390 e. The van der Waals surface area contributed by atoms with Crippen LogP contribution in [0.15, 0.2) is 0 Å². The van der Waals surface area contributed by atoms with E-state index in [9.17, 15) is 13.2 Å². The average molecular weight is 254 g/mol. The van der Waals surface area contributed by atoms with E-state index in [0.29, 0.717) is 6.54 Å². The van der Waals surface area contributed by atoms with Crippen molar-refractivity contribution in [2.24, 2.45) is 5.41 Å². The van der Waals surface area contributed by atoms with Crippen LogP contribution in [0.25, 0.3) is 0 Å². The van der Waals surface area contributed by atoms with E-state index in [1.54, 1.807) is 11.9 Å². The van der Waals surface area contributed by atoms with Crippen molar-refractivity contribution in [3.63, 3.8) is 0 Å². The summed E-state index contributed by atoms with van der Waals surface area (Å²) in [5, 5.41) is 3.27. The molecule has 0 saturated carbocycles. The molecule has 0 heterocycles. The molecule has 5 heteroatoms. The Morgan fingerprint density at radius 1 is 1.18 bits per heavy atom. The molecule has 17 heavy (non-hydrogen) atoms. The van der Waals surface area contributed by atoms with Gasteiger partial charge in [-0.05, 0) is 25.4 Å². The molecule has 0 aliphatic rings. The van der Waals surface area contributed by atoms with E-state index in [4.69, 9.17) is 0 Å². The molecular formula is C12H25F3N2.